The number of fused-ring (bicyclic) bond motifs is 2. The summed E-state index contributed by atoms with van der Waals surface area (Å²) in [6.45, 7) is 1.97. The number of aliphatic hydroxyl groups is 1. The third-order valence-electron chi connectivity index (χ3n) is 4.36. The van der Waals surface area contributed by atoms with E-state index >= 15 is 0 Å². The van der Waals surface area contributed by atoms with Crippen molar-refractivity contribution in [3.63, 3.8) is 0 Å². The highest BCUT2D eigenvalue weighted by Gasteiger charge is 2.34. The van der Waals surface area contributed by atoms with E-state index in [0.29, 0.717) is 13.0 Å². The van der Waals surface area contributed by atoms with Gasteiger partial charge in [0.1, 0.15) is 11.4 Å². The third-order valence-corrected chi connectivity index (χ3v) is 4.36. The Bertz CT molecular complexity index is 489. The lowest BCUT2D eigenvalue weighted by molar-refractivity contribution is 0.0373. The SMILES string of the molecule is CN1CCCc2cc3c(cc21)OCCCC3(O)CN. The topological polar surface area (TPSA) is 58.7 Å². The number of ether oxygens (including phenoxy) is 1. The second kappa shape index (κ2) is 4.69. The first-order valence-electron chi connectivity index (χ1n) is 7.08. The van der Waals surface area contributed by atoms with Crippen LogP contribution in [0.1, 0.15) is 30.4 Å². The fourth-order valence-corrected chi connectivity index (χ4v) is 3.17. The minimum atomic E-state index is -0.934. The van der Waals surface area contributed by atoms with Crippen LogP contribution in [0.25, 0.3) is 0 Å². The number of rotatable bonds is 1. The van der Waals surface area contributed by atoms with E-state index in [9.17, 15) is 5.11 Å². The van der Waals surface area contributed by atoms with E-state index in [4.69, 9.17) is 10.5 Å². The van der Waals surface area contributed by atoms with Crippen LogP contribution in [0.4, 0.5) is 5.69 Å². The van der Waals surface area contributed by atoms with Gasteiger partial charge in [-0.3, -0.25) is 0 Å². The summed E-state index contributed by atoms with van der Waals surface area (Å²) in [5.41, 5.74) is 8.28. The number of nitrogens with two attached hydrogens (primary N) is 1. The quantitative estimate of drug-likeness (QED) is 0.803. The smallest absolute Gasteiger partial charge is 0.127 e. The van der Waals surface area contributed by atoms with E-state index in [-0.39, 0.29) is 6.54 Å². The number of benzene rings is 1. The van der Waals surface area contributed by atoms with E-state index < -0.39 is 5.60 Å². The van der Waals surface area contributed by atoms with Gasteiger partial charge in [0.15, 0.2) is 0 Å². The zero-order chi connectivity index (χ0) is 13.5. The Morgan fingerprint density at radius 3 is 3.05 bits per heavy atom. The van der Waals surface area contributed by atoms with Crippen molar-refractivity contribution in [1.29, 1.82) is 0 Å². The molecular weight excluding hydrogens is 240 g/mol. The molecule has 0 amide bonds. The Balaban J connectivity index is 2.13. The maximum absolute atomic E-state index is 10.8. The summed E-state index contributed by atoms with van der Waals surface area (Å²) < 4.78 is 5.82. The van der Waals surface area contributed by atoms with Crippen molar-refractivity contribution in [1.82, 2.24) is 0 Å². The molecule has 1 atom stereocenters. The van der Waals surface area contributed by atoms with Gasteiger partial charge in [-0.1, -0.05) is 0 Å². The molecule has 1 unspecified atom stereocenters. The molecule has 3 N–H and O–H groups in total. The molecule has 0 saturated heterocycles. The van der Waals surface area contributed by atoms with Crippen LogP contribution in [0.15, 0.2) is 12.1 Å². The molecule has 3 rings (SSSR count). The largest absolute Gasteiger partial charge is 0.493 e. The maximum atomic E-state index is 10.8. The van der Waals surface area contributed by atoms with Gasteiger partial charge in [0.25, 0.3) is 0 Å². The van der Waals surface area contributed by atoms with Crippen LogP contribution in [0.3, 0.4) is 0 Å². The summed E-state index contributed by atoms with van der Waals surface area (Å²) in [7, 11) is 2.11. The van der Waals surface area contributed by atoms with Gasteiger partial charge in [-0.25, -0.2) is 0 Å². The van der Waals surface area contributed by atoms with Crippen LogP contribution >= 0.6 is 0 Å². The lowest BCUT2D eigenvalue weighted by Crippen LogP contribution is -2.35. The molecule has 104 valence electrons. The first-order valence-corrected chi connectivity index (χ1v) is 7.08. The van der Waals surface area contributed by atoms with Crippen LogP contribution in [0.5, 0.6) is 5.75 Å². The molecule has 1 aromatic rings. The second-order valence-corrected chi connectivity index (χ2v) is 5.69. The van der Waals surface area contributed by atoms with Crippen molar-refractivity contribution in [3.8, 4) is 5.75 Å². The van der Waals surface area contributed by atoms with Gasteiger partial charge in [-0.05, 0) is 37.3 Å². The summed E-state index contributed by atoms with van der Waals surface area (Å²) in [4.78, 5) is 2.26. The van der Waals surface area contributed by atoms with E-state index in [1.165, 1.54) is 11.3 Å². The average Bonchev–Trinajstić information content (AvgIpc) is 2.58. The number of aryl methyl sites for hydroxylation is 1. The standard InChI is InChI=1S/C15H22N2O2/c1-17-6-2-4-11-8-12-14(9-13(11)17)19-7-3-5-15(12,18)10-16/h8-9,18H,2-7,10,16H2,1H3. The molecule has 4 heteroatoms. The molecule has 0 aromatic heterocycles. The van der Waals surface area contributed by atoms with E-state index in [2.05, 4.69) is 24.1 Å². The minimum absolute atomic E-state index is 0.248. The molecule has 4 nitrogen and oxygen atoms in total. The lowest BCUT2D eigenvalue weighted by atomic mass is 9.86. The lowest BCUT2D eigenvalue weighted by Gasteiger charge is -2.32. The van der Waals surface area contributed by atoms with Gasteiger partial charge < -0.3 is 20.5 Å². The molecular formula is C15H22N2O2. The number of nitrogens with zero attached hydrogens (tertiary/aromatic N) is 1. The first kappa shape index (κ1) is 12.8. The summed E-state index contributed by atoms with van der Waals surface area (Å²) in [5, 5.41) is 10.8. The van der Waals surface area contributed by atoms with Gasteiger partial charge in [-0.2, -0.15) is 0 Å². The Hall–Kier alpha value is -1.26. The summed E-state index contributed by atoms with van der Waals surface area (Å²) in [6, 6.07) is 4.19. The van der Waals surface area contributed by atoms with Crippen LogP contribution in [-0.4, -0.2) is 31.9 Å². The average molecular weight is 262 g/mol. The zero-order valence-electron chi connectivity index (χ0n) is 11.5. The molecule has 0 fully saturated rings. The van der Waals surface area contributed by atoms with Gasteiger partial charge in [0.05, 0.1) is 6.61 Å². The predicted octanol–water partition coefficient (Wildman–Crippen LogP) is 1.39. The molecule has 2 aliphatic rings. The normalized spacial score (nSPS) is 26.2. The summed E-state index contributed by atoms with van der Waals surface area (Å²) >= 11 is 0. The Kier molecular flexibility index (Phi) is 3.15. The van der Waals surface area contributed by atoms with Crippen molar-refractivity contribution in [2.45, 2.75) is 31.3 Å². The minimum Gasteiger partial charge on any atom is -0.493 e. The molecule has 0 saturated carbocycles. The highest BCUT2D eigenvalue weighted by Crippen LogP contribution is 2.41. The molecule has 1 aromatic carbocycles. The molecule has 0 bridgehead atoms. The van der Waals surface area contributed by atoms with Crippen LogP contribution in [-0.2, 0) is 12.0 Å². The van der Waals surface area contributed by atoms with Crippen molar-refractivity contribution < 1.29 is 9.84 Å². The molecule has 0 radical (unpaired) electrons. The highest BCUT2D eigenvalue weighted by molar-refractivity contribution is 5.62. The number of hydrogen-bond acceptors (Lipinski definition) is 4. The van der Waals surface area contributed by atoms with Crippen molar-refractivity contribution >= 4 is 5.69 Å². The summed E-state index contributed by atoms with van der Waals surface area (Å²) in [6.07, 6.45) is 3.73. The fraction of sp³-hybridized carbons (Fsp3) is 0.600. The molecule has 2 heterocycles. The third kappa shape index (κ3) is 2.09. The van der Waals surface area contributed by atoms with Crippen molar-refractivity contribution in [2.24, 2.45) is 5.73 Å². The monoisotopic (exact) mass is 262 g/mol. The molecule has 0 spiro atoms. The van der Waals surface area contributed by atoms with Crippen LogP contribution in [0.2, 0.25) is 0 Å². The van der Waals surface area contributed by atoms with E-state index in [1.54, 1.807) is 0 Å². The van der Waals surface area contributed by atoms with Crippen molar-refractivity contribution in [2.75, 3.05) is 31.6 Å². The number of hydrogen-bond donors (Lipinski definition) is 2. The maximum Gasteiger partial charge on any atom is 0.127 e. The Morgan fingerprint density at radius 2 is 2.26 bits per heavy atom. The summed E-state index contributed by atoms with van der Waals surface area (Å²) in [5.74, 6) is 0.804. The van der Waals surface area contributed by atoms with Crippen LogP contribution < -0.4 is 15.4 Å². The Morgan fingerprint density at radius 1 is 1.42 bits per heavy atom. The highest BCUT2D eigenvalue weighted by atomic mass is 16.5. The molecule has 0 aliphatic carbocycles. The number of anilines is 1. The second-order valence-electron chi connectivity index (χ2n) is 5.69. The zero-order valence-corrected chi connectivity index (χ0v) is 11.5. The molecule has 19 heavy (non-hydrogen) atoms. The molecule has 2 aliphatic heterocycles. The van der Waals surface area contributed by atoms with E-state index in [0.717, 1.165) is 37.1 Å². The van der Waals surface area contributed by atoms with Gasteiger partial charge in [0, 0.05) is 37.5 Å². The fourth-order valence-electron chi connectivity index (χ4n) is 3.17. The first-order chi connectivity index (χ1) is 9.14. The van der Waals surface area contributed by atoms with Crippen LogP contribution in [0, 0.1) is 0 Å². The van der Waals surface area contributed by atoms with E-state index in [1.807, 2.05) is 0 Å². The van der Waals surface area contributed by atoms with Gasteiger partial charge in [-0.15, -0.1) is 0 Å². The Labute approximate surface area is 114 Å². The predicted molar refractivity (Wildman–Crippen MR) is 75.7 cm³/mol. The van der Waals surface area contributed by atoms with Gasteiger partial charge in [0.2, 0.25) is 0 Å². The van der Waals surface area contributed by atoms with Crippen molar-refractivity contribution in [3.05, 3.63) is 23.3 Å². The van der Waals surface area contributed by atoms with Gasteiger partial charge >= 0.3 is 0 Å².